The van der Waals surface area contributed by atoms with Gasteiger partial charge in [0.05, 0.1) is 12.6 Å². The third-order valence-corrected chi connectivity index (χ3v) is 1.17. The van der Waals surface area contributed by atoms with Crippen molar-refractivity contribution in [1.82, 2.24) is 4.90 Å². The lowest BCUT2D eigenvalue weighted by molar-refractivity contribution is 0.381. The molecule has 0 spiro atoms. The van der Waals surface area contributed by atoms with Crippen LogP contribution in [0.4, 0.5) is 0 Å². The summed E-state index contributed by atoms with van der Waals surface area (Å²) >= 11 is 0. The highest BCUT2D eigenvalue weighted by molar-refractivity contribution is 7.79. The van der Waals surface area contributed by atoms with Gasteiger partial charge in [-0.2, -0.15) is 8.42 Å². The van der Waals surface area contributed by atoms with Crippen molar-refractivity contribution in [3.8, 4) is 0 Å². The van der Waals surface area contributed by atoms with Gasteiger partial charge in [0.25, 0.3) is 0 Å². The maximum atomic E-state index is 8.74. The molecule has 0 heterocycles. The highest BCUT2D eigenvalue weighted by atomic mass is 32.3. The minimum atomic E-state index is -4.67. The largest absolute Gasteiger partial charge is 0.394 e. The molecular formula is C8H19N3O4S. The SMILES string of the molecule is CCN=C=NCCCN(C)C.O=S(=O)(O)O. The minimum Gasteiger partial charge on any atom is -0.309 e. The highest BCUT2D eigenvalue weighted by Crippen LogP contribution is 1.82. The average molecular weight is 253 g/mol. The van der Waals surface area contributed by atoms with Crippen LogP contribution in [0.15, 0.2) is 9.98 Å². The summed E-state index contributed by atoms with van der Waals surface area (Å²) in [6.45, 7) is 4.67. The fraction of sp³-hybridized carbons (Fsp3) is 0.875. The molecule has 0 aromatic rings. The first-order valence-corrected chi connectivity index (χ1v) is 6.09. The van der Waals surface area contributed by atoms with Crippen LogP contribution in [0.3, 0.4) is 0 Å². The molecule has 2 N–H and O–H groups in total. The Morgan fingerprint density at radius 3 is 2.12 bits per heavy atom. The molecule has 8 heteroatoms. The van der Waals surface area contributed by atoms with Gasteiger partial charge in [0, 0.05) is 6.54 Å². The molecule has 16 heavy (non-hydrogen) atoms. The predicted octanol–water partition coefficient (Wildman–Crippen LogP) is 0.479. The molecule has 0 aromatic heterocycles. The van der Waals surface area contributed by atoms with Crippen molar-refractivity contribution in [2.75, 3.05) is 33.7 Å². The third-order valence-electron chi connectivity index (χ3n) is 1.17. The van der Waals surface area contributed by atoms with Gasteiger partial charge in [-0.05, 0) is 34.0 Å². The summed E-state index contributed by atoms with van der Waals surface area (Å²) in [5, 5.41) is 0. The fourth-order valence-electron chi connectivity index (χ4n) is 0.637. The molecule has 0 aliphatic heterocycles. The van der Waals surface area contributed by atoms with Gasteiger partial charge >= 0.3 is 10.4 Å². The van der Waals surface area contributed by atoms with E-state index in [1.807, 2.05) is 6.92 Å². The van der Waals surface area contributed by atoms with Crippen molar-refractivity contribution in [2.45, 2.75) is 13.3 Å². The number of aliphatic imine (C=N–C) groups is 2. The van der Waals surface area contributed by atoms with Gasteiger partial charge in [-0.15, -0.1) is 0 Å². The maximum absolute atomic E-state index is 8.74. The molecule has 0 aliphatic rings. The maximum Gasteiger partial charge on any atom is 0.394 e. The fourth-order valence-corrected chi connectivity index (χ4v) is 0.637. The Morgan fingerprint density at radius 1 is 1.25 bits per heavy atom. The summed E-state index contributed by atoms with van der Waals surface area (Å²) in [5.41, 5.74) is 0. The van der Waals surface area contributed by atoms with E-state index < -0.39 is 10.4 Å². The molecule has 0 saturated heterocycles. The van der Waals surface area contributed by atoms with Gasteiger partial charge in [0.1, 0.15) is 0 Å². The van der Waals surface area contributed by atoms with Crippen molar-refractivity contribution in [3.63, 3.8) is 0 Å². The normalized spacial score (nSPS) is 10.1. The van der Waals surface area contributed by atoms with Crippen LogP contribution in [0, 0.1) is 0 Å². The van der Waals surface area contributed by atoms with E-state index in [1.54, 1.807) is 0 Å². The molecule has 0 fully saturated rings. The second kappa shape index (κ2) is 10.7. The quantitative estimate of drug-likeness (QED) is 0.421. The molecular weight excluding hydrogens is 234 g/mol. The van der Waals surface area contributed by atoms with Crippen molar-refractivity contribution >= 4 is 16.4 Å². The number of rotatable bonds is 5. The second-order valence-electron chi connectivity index (χ2n) is 3.06. The molecule has 0 saturated carbocycles. The molecule has 0 unspecified atom stereocenters. The van der Waals surface area contributed by atoms with Gasteiger partial charge in [-0.3, -0.25) is 9.11 Å². The standard InChI is InChI=1S/C8H17N3.H2O4S/c1-4-9-8-10-6-5-7-11(2)3;1-5(2,3)4/h4-7H2,1-3H3;(H2,1,2,3,4). The molecule has 0 rings (SSSR count). The molecule has 0 radical (unpaired) electrons. The number of hydrogen-bond donors (Lipinski definition) is 2. The van der Waals surface area contributed by atoms with Gasteiger partial charge < -0.3 is 4.90 Å². The summed E-state index contributed by atoms with van der Waals surface area (Å²) in [4.78, 5) is 9.99. The van der Waals surface area contributed by atoms with Crippen LogP contribution in [0.25, 0.3) is 0 Å². The Labute approximate surface area is 96.5 Å². The van der Waals surface area contributed by atoms with Gasteiger partial charge in [-0.1, -0.05) is 0 Å². The molecule has 0 atom stereocenters. The van der Waals surface area contributed by atoms with E-state index in [9.17, 15) is 0 Å². The zero-order valence-corrected chi connectivity index (χ0v) is 10.6. The Morgan fingerprint density at radius 2 is 1.75 bits per heavy atom. The summed E-state index contributed by atoms with van der Waals surface area (Å²) in [6, 6.07) is 2.64. The summed E-state index contributed by atoms with van der Waals surface area (Å²) in [6.07, 6.45) is 1.08. The molecule has 0 aliphatic carbocycles. The minimum absolute atomic E-state index is 0.775. The lowest BCUT2D eigenvalue weighted by Gasteiger charge is -2.05. The van der Waals surface area contributed by atoms with Crippen LogP contribution in [-0.4, -0.2) is 62.2 Å². The van der Waals surface area contributed by atoms with E-state index in [2.05, 4.69) is 35.0 Å². The Bertz CT molecular complexity index is 299. The third kappa shape index (κ3) is 37.9. The summed E-state index contributed by atoms with van der Waals surface area (Å²) in [7, 11) is -0.548. The Hall–Kier alpha value is -0.790. The van der Waals surface area contributed by atoms with Crippen LogP contribution in [0.1, 0.15) is 13.3 Å². The van der Waals surface area contributed by atoms with Crippen LogP contribution >= 0.6 is 0 Å². The monoisotopic (exact) mass is 253 g/mol. The summed E-state index contributed by atoms with van der Waals surface area (Å²) in [5.74, 6) is 0. The van der Waals surface area contributed by atoms with Crippen molar-refractivity contribution in [2.24, 2.45) is 9.98 Å². The molecule has 0 amide bonds. The highest BCUT2D eigenvalue weighted by Gasteiger charge is 1.86. The molecule has 96 valence electrons. The van der Waals surface area contributed by atoms with E-state index in [0.717, 1.165) is 26.1 Å². The topological polar surface area (TPSA) is 103 Å². The van der Waals surface area contributed by atoms with Crippen LogP contribution in [0.5, 0.6) is 0 Å². The van der Waals surface area contributed by atoms with E-state index in [-0.39, 0.29) is 0 Å². The van der Waals surface area contributed by atoms with Gasteiger partial charge in [0.15, 0.2) is 0 Å². The zero-order chi connectivity index (χ0) is 13.0. The van der Waals surface area contributed by atoms with E-state index in [1.165, 1.54) is 0 Å². The number of hydrogen-bond acceptors (Lipinski definition) is 5. The Kier molecular flexibility index (Phi) is 11.8. The van der Waals surface area contributed by atoms with Crippen molar-refractivity contribution < 1.29 is 17.5 Å². The average Bonchev–Trinajstić information content (AvgIpc) is 2.08. The van der Waals surface area contributed by atoms with E-state index >= 15 is 0 Å². The smallest absolute Gasteiger partial charge is 0.309 e. The number of nitrogens with zero attached hydrogens (tertiary/aromatic N) is 3. The summed E-state index contributed by atoms with van der Waals surface area (Å²) < 4.78 is 31.6. The van der Waals surface area contributed by atoms with E-state index in [0.29, 0.717) is 0 Å². The van der Waals surface area contributed by atoms with Gasteiger partial charge in [-0.25, -0.2) is 9.98 Å². The molecule has 7 nitrogen and oxygen atoms in total. The lowest BCUT2D eigenvalue weighted by Crippen LogP contribution is -2.13. The zero-order valence-electron chi connectivity index (χ0n) is 9.79. The van der Waals surface area contributed by atoms with Crippen LogP contribution in [0.2, 0.25) is 0 Å². The predicted molar refractivity (Wildman–Crippen MR) is 62.6 cm³/mol. The molecule has 0 aromatic carbocycles. The lowest BCUT2D eigenvalue weighted by atomic mass is 10.4. The Balaban J connectivity index is 0. The van der Waals surface area contributed by atoms with Crippen molar-refractivity contribution in [3.05, 3.63) is 0 Å². The molecule has 0 bridgehead atoms. The first-order chi connectivity index (χ1) is 7.27. The van der Waals surface area contributed by atoms with Crippen molar-refractivity contribution in [1.29, 1.82) is 0 Å². The van der Waals surface area contributed by atoms with Crippen LogP contribution < -0.4 is 0 Å². The first kappa shape index (κ1) is 17.6. The first-order valence-electron chi connectivity index (χ1n) is 4.70. The van der Waals surface area contributed by atoms with Gasteiger partial charge in [0.2, 0.25) is 0 Å². The van der Waals surface area contributed by atoms with Crippen LogP contribution in [-0.2, 0) is 10.4 Å². The van der Waals surface area contributed by atoms with E-state index in [4.69, 9.17) is 17.5 Å². The second-order valence-corrected chi connectivity index (χ2v) is 3.96.